The predicted octanol–water partition coefficient (Wildman–Crippen LogP) is 6.18. The number of carbonyl (C=O) groups is 1. The first-order chi connectivity index (χ1) is 9.63. The van der Waals surface area contributed by atoms with E-state index in [-0.39, 0.29) is 5.91 Å². The van der Waals surface area contributed by atoms with Gasteiger partial charge in [0, 0.05) is 15.9 Å². The van der Waals surface area contributed by atoms with Crippen LogP contribution in [0.5, 0.6) is 0 Å². The van der Waals surface area contributed by atoms with Crippen molar-refractivity contribution in [2.24, 2.45) is 0 Å². The standard InChI is InChI=1S/C16H23BrClNO/c1-2-3-4-5-6-7-8-9-16(20)19-15-12-13(18)10-11-14(15)17/h10-12H,2-9H2,1H3,(H,19,20). The molecule has 0 aliphatic carbocycles. The highest BCUT2D eigenvalue weighted by molar-refractivity contribution is 9.10. The molecule has 0 spiro atoms. The summed E-state index contributed by atoms with van der Waals surface area (Å²) in [5, 5.41) is 3.52. The third-order valence-corrected chi connectivity index (χ3v) is 4.14. The molecule has 0 aromatic heterocycles. The molecule has 20 heavy (non-hydrogen) atoms. The Kier molecular flexibility index (Phi) is 8.95. The minimum Gasteiger partial charge on any atom is -0.325 e. The molecule has 0 unspecified atom stereocenters. The second-order valence-electron chi connectivity index (χ2n) is 5.04. The predicted molar refractivity (Wildman–Crippen MR) is 90.4 cm³/mol. The number of amides is 1. The van der Waals surface area contributed by atoms with Crippen LogP contribution in [0.15, 0.2) is 22.7 Å². The summed E-state index contributed by atoms with van der Waals surface area (Å²) in [6.45, 7) is 2.22. The zero-order valence-electron chi connectivity index (χ0n) is 12.1. The number of carbonyl (C=O) groups excluding carboxylic acids is 1. The van der Waals surface area contributed by atoms with Crippen molar-refractivity contribution in [3.63, 3.8) is 0 Å². The maximum absolute atomic E-state index is 11.8. The smallest absolute Gasteiger partial charge is 0.224 e. The van der Waals surface area contributed by atoms with Crippen LogP contribution >= 0.6 is 27.5 Å². The number of benzene rings is 1. The molecular formula is C16H23BrClNO. The van der Waals surface area contributed by atoms with Gasteiger partial charge < -0.3 is 5.32 Å². The van der Waals surface area contributed by atoms with Gasteiger partial charge in [-0.1, -0.05) is 57.0 Å². The molecule has 0 saturated heterocycles. The van der Waals surface area contributed by atoms with Crippen LogP contribution in [0.25, 0.3) is 0 Å². The van der Waals surface area contributed by atoms with E-state index in [4.69, 9.17) is 11.6 Å². The van der Waals surface area contributed by atoms with Crippen LogP contribution in [0.2, 0.25) is 5.02 Å². The Morgan fingerprint density at radius 1 is 1.15 bits per heavy atom. The van der Waals surface area contributed by atoms with Crippen molar-refractivity contribution in [1.82, 2.24) is 0 Å². The van der Waals surface area contributed by atoms with E-state index in [9.17, 15) is 4.79 Å². The molecule has 112 valence electrons. The molecule has 0 bridgehead atoms. The molecule has 0 atom stereocenters. The van der Waals surface area contributed by atoms with Crippen molar-refractivity contribution >= 4 is 39.1 Å². The summed E-state index contributed by atoms with van der Waals surface area (Å²) in [6, 6.07) is 5.39. The van der Waals surface area contributed by atoms with Gasteiger partial charge in [0.25, 0.3) is 0 Å². The Morgan fingerprint density at radius 2 is 1.80 bits per heavy atom. The van der Waals surface area contributed by atoms with E-state index in [0.717, 1.165) is 23.0 Å². The van der Waals surface area contributed by atoms with Gasteiger partial charge in [-0.3, -0.25) is 4.79 Å². The first kappa shape index (κ1) is 17.5. The molecule has 0 fully saturated rings. The molecule has 0 heterocycles. The third-order valence-electron chi connectivity index (χ3n) is 3.21. The number of nitrogens with one attached hydrogen (secondary N) is 1. The fraction of sp³-hybridized carbons (Fsp3) is 0.562. The second kappa shape index (κ2) is 10.2. The molecule has 1 aromatic carbocycles. The Bertz CT molecular complexity index is 423. The van der Waals surface area contributed by atoms with Gasteiger partial charge in [-0.2, -0.15) is 0 Å². The van der Waals surface area contributed by atoms with Crippen LogP contribution < -0.4 is 5.32 Å². The summed E-state index contributed by atoms with van der Waals surface area (Å²) in [5.41, 5.74) is 0.741. The highest BCUT2D eigenvalue weighted by Crippen LogP contribution is 2.26. The van der Waals surface area contributed by atoms with Gasteiger partial charge >= 0.3 is 0 Å². The van der Waals surface area contributed by atoms with Crippen molar-refractivity contribution in [2.75, 3.05) is 5.32 Å². The third kappa shape index (κ3) is 7.30. The molecule has 1 amide bonds. The molecule has 1 rings (SSSR count). The number of unbranched alkanes of at least 4 members (excludes halogenated alkanes) is 6. The maximum atomic E-state index is 11.8. The summed E-state index contributed by atoms with van der Waals surface area (Å²) < 4.78 is 0.856. The van der Waals surface area contributed by atoms with E-state index in [1.165, 1.54) is 32.1 Å². The van der Waals surface area contributed by atoms with Crippen LogP contribution in [-0.2, 0) is 4.79 Å². The SMILES string of the molecule is CCCCCCCCCC(=O)Nc1cc(Cl)ccc1Br. The lowest BCUT2D eigenvalue weighted by atomic mass is 10.1. The van der Waals surface area contributed by atoms with Crippen molar-refractivity contribution in [2.45, 2.75) is 58.3 Å². The number of halogens is 2. The molecule has 1 aromatic rings. The molecule has 0 radical (unpaired) electrons. The zero-order chi connectivity index (χ0) is 14.8. The first-order valence-corrected chi connectivity index (χ1v) is 8.55. The molecule has 2 nitrogen and oxygen atoms in total. The van der Waals surface area contributed by atoms with Crippen LogP contribution in [0, 0.1) is 0 Å². The Morgan fingerprint density at radius 3 is 2.50 bits per heavy atom. The maximum Gasteiger partial charge on any atom is 0.224 e. The fourth-order valence-corrected chi connectivity index (χ4v) is 2.57. The lowest BCUT2D eigenvalue weighted by molar-refractivity contribution is -0.116. The highest BCUT2D eigenvalue weighted by Gasteiger charge is 2.06. The van der Waals surface area contributed by atoms with Crippen molar-refractivity contribution in [3.05, 3.63) is 27.7 Å². The molecule has 4 heteroatoms. The van der Waals surface area contributed by atoms with Crippen LogP contribution in [-0.4, -0.2) is 5.91 Å². The lowest BCUT2D eigenvalue weighted by Gasteiger charge is -2.08. The summed E-state index contributed by atoms with van der Waals surface area (Å²) in [7, 11) is 0. The quantitative estimate of drug-likeness (QED) is 0.523. The van der Waals surface area contributed by atoms with E-state index in [1.807, 2.05) is 6.07 Å². The summed E-state index contributed by atoms with van der Waals surface area (Å²) >= 11 is 9.32. The summed E-state index contributed by atoms with van der Waals surface area (Å²) in [5.74, 6) is 0.0570. The number of hydrogen-bond donors (Lipinski definition) is 1. The second-order valence-corrected chi connectivity index (χ2v) is 6.33. The molecular weight excluding hydrogens is 338 g/mol. The monoisotopic (exact) mass is 359 g/mol. The normalized spacial score (nSPS) is 10.6. The van der Waals surface area contributed by atoms with Crippen LogP contribution in [0.1, 0.15) is 58.3 Å². The Hall–Kier alpha value is -0.540. The van der Waals surface area contributed by atoms with Crippen LogP contribution in [0.3, 0.4) is 0 Å². The first-order valence-electron chi connectivity index (χ1n) is 7.38. The average Bonchev–Trinajstić information content (AvgIpc) is 2.42. The van der Waals surface area contributed by atoms with E-state index >= 15 is 0 Å². The van der Waals surface area contributed by atoms with Gasteiger partial charge in [0.15, 0.2) is 0 Å². The van der Waals surface area contributed by atoms with Crippen molar-refractivity contribution in [1.29, 1.82) is 0 Å². The van der Waals surface area contributed by atoms with Gasteiger partial charge in [0.2, 0.25) is 5.91 Å². The lowest BCUT2D eigenvalue weighted by Crippen LogP contribution is -2.11. The number of rotatable bonds is 9. The number of hydrogen-bond acceptors (Lipinski definition) is 1. The van der Waals surface area contributed by atoms with Gasteiger partial charge in [-0.25, -0.2) is 0 Å². The largest absolute Gasteiger partial charge is 0.325 e. The molecule has 0 aliphatic heterocycles. The number of anilines is 1. The minimum absolute atomic E-state index is 0.0570. The molecule has 1 N–H and O–H groups in total. The van der Waals surface area contributed by atoms with Gasteiger partial charge in [0.05, 0.1) is 5.69 Å². The van der Waals surface area contributed by atoms with Crippen molar-refractivity contribution in [3.8, 4) is 0 Å². The van der Waals surface area contributed by atoms with Gasteiger partial charge in [-0.15, -0.1) is 0 Å². The van der Waals surface area contributed by atoms with Gasteiger partial charge in [0.1, 0.15) is 0 Å². The van der Waals surface area contributed by atoms with Gasteiger partial charge in [-0.05, 0) is 40.5 Å². The van der Waals surface area contributed by atoms with Crippen molar-refractivity contribution < 1.29 is 4.79 Å². The van der Waals surface area contributed by atoms with Crippen LogP contribution in [0.4, 0.5) is 5.69 Å². The average molecular weight is 361 g/mol. The molecule has 0 saturated carbocycles. The summed E-state index contributed by atoms with van der Waals surface area (Å²) in [6.07, 6.45) is 9.10. The zero-order valence-corrected chi connectivity index (χ0v) is 14.4. The topological polar surface area (TPSA) is 29.1 Å². The minimum atomic E-state index is 0.0570. The van der Waals surface area contributed by atoms with E-state index < -0.39 is 0 Å². The summed E-state index contributed by atoms with van der Waals surface area (Å²) in [4.78, 5) is 11.8. The Balaban J connectivity index is 2.19. The fourth-order valence-electron chi connectivity index (χ4n) is 2.05. The Labute approximate surface area is 135 Å². The van der Waals surface area contributed by atoms with E-state index in [0.29, 0.717) is 11.4 Å². The van der Waals surface area contributed by atoms with E-state index in [2.05, 4.69) is 28.2 Å². The molecule has 0 aliphatic rings. The van der Waals surface area contributed by atoms with E-state index in [1.54, 1.807) is 12.1 Å². The highest BCUT2D eigenvalue weighted by atomic mass is 79.9.